The molecule has 1 saturated carbocycles. The first kappa shape index (κ1) is 16.7. The minimum atomic E-state index is -3.50. The van der Waals surface area contributed by atoms with Crippen LogP contribution in [-0.2, 0) is 16.6 Å². The number of thioether (sulfide) groups is 1. The minimum absolute atomic E-state index is 0.0960. The summed E-state index contributed by atoms with van der Waals surface area (Å²) in [6, 6.07) is 3.38. The molecule has 0 saturated heterocycles. The lowest BCUT2D eigenvalue weighted by atomic mass is 10.3. The van der Waals surface area contributed by atoms with Crippen LogP contribution in [0.5, 0.6) is 0 Å². The van der Waals surface area contributed by atoms with Crippen molar-refractivity contribution in [3.63, 3.8) is 0 Å². The van der Waals surface area contributed by atoms with Gasteiger partial charge in [-0.25, -0.2) is 18.1 Å². The van der Waals surface area contributed by atoms with Crippen LogP contribution in [-0.4, -0.2) is 37.5 Å². The molecular weight excluding hydrogens is 306 g/mol. The van der Waals surface area contributed by atoms with Gasteiger partial charge in [0.05, 0.1) is 0 Å². The standard InChI is InChI=1S/C14H23N3O2S2/c1-3-8-15-9-12-4-5-13(16-10-12)21(18,19)17-11-14(20-2)6-7-14/h4-5,10,15,17H,3,6-9,11H2,1-2H3. The fraction of sp³-hybridized carbons (Fsp3) is 0.643. The van der Waals surface area contributed by atoms with E-state index < -0.39 is 10.0 Å². The molecule has 1 fully saturated rings. The molecule has 7 heteroatoms. The van der Waals surface area contributed by atoms with Gasteiger partial charge in [-0.3, -0.25) is 0 Å². The lowest BCUT2D eigenvalue weighted by molar-refractivity contribution is 0.575. The highest BCUT2D eigenvalue weighted by Gasteiger charge is 2.42. The number of aromatic nitrogens is 1. The number of hydrogen-bond acceptors (Lipinski definition) is 5. The maximum atomic E-state index is 12.2. The second-order valence-electron chi connectivity index (χ2n) is 5.39. The zero-order chi connectivity index (χ0) is 15.3. The van der Waals surface area contributed by atoms with Crippen LogP contribution in [0.15, 0.2) is 23.4 Å². The Balaban J connectivity index is 1.93. The molecule has 0 radical (unpaired) electrons. The first-order valence-electron chi connectivity index (χ1n) is 7.22. The predicted octanol–water partition coefficient (Wildman–Crippen LogP) is 1.76. The maximum absolute atomic E-state index is 12.2. The van der Waals surface area contributed by atoms with E-state index in [1.807, 2.05) is 12.3 Å². The number of sulfonamides is 1. The van der Waals surface area contributed by atoms with E-state index in [0.717, 1.165) is 31.4 Å². The average molecular weight is 329 g/mol. The third-order valence-corrected chi connectivity index (χ3v) is 6.39. The van der Waals surface area contributed by atoms with E-state index in [9.17, 15) is 8.42 Å². The van der Waals surface area contributed by atoms with Crippen molar-refractivity contribution in [1.82, 2.24) is 15.0 Å². The van der Waals surface area contributed by atoms with Gasteiger partial charge in [0.1, 0.15) is 0 Å². The SMILES string of the molecule is CCCNCc1ccc(S(=O)(=O)NCC2(SC)CC2)nc1. The van der Waals surface area contributed by atoms with Gasteiger partial charge < -0.3 is 5.32 Å². The number of nitrogens with one attached hydrogen (secondary N) is 2. The molecule has 5 nitrogen and oxygen atoms in total. The summed E-state index contributed by atoms with van der Waals surface area (Å²) >= 11 is 1.73. The van der Waals surface area contributed by atoms with Crippen LogP contribution < -0.4 is 10.0 Å². The van der Waals surface area contributed by atoms with E-state index in [0.29, 0.717) is 13.1 Å². The molecule has 1 heterocycles. The molecule has 0 amide bonds. The number of pyridine rings is 1. The van der Waals surface area contributed by atoms with Crippen molar-refractivity contribution in [2.45, 2.75) is 42.5 Å². The molecule has 0 aliphatic heterocycles. The van der Waals surface area contributed by atoms with Crippen molar-refractivity contribution in [1.29, 1.82) is 0 Å². The topological polar surface area (TPSA) is 71.1 Å². The van der Waals surface area contributed by atoms with Gasteiger partial charge >= 0.3 is 0 Å². The van der Waals surface area contributed by atoms with E-state index in [2.05, 4.69) is 21.9 Å². The van der Waals surface area contributed by atoms with Crippen LogP contribution in [0, 0.1) is 0 Å². The molecule has 118 valence electrons. The third kappa shape index (κ3) is 4.67. The molecule has 1 aliphatic carbocycles. The van der Waals surface area contributed by atoms with Gasteiger partial charge in [0.2, 0.25) is 0 Å². The van der Waals surface area contributed by atoms with Crippen LogP contribution in [0.3, 0.4) is 0 Å². The monoisotopic (exact) mass is 329 g/mol. The number of nitrogens with zero attached hydrogens (tertiary/aromatic N) is 1. The second-order valence-corrected chi connectivity index (χ2v) is 8.38. The summed E-state index contributed by atoms with van der Waals surface area (Å²) in [6.45, 7) is 4.24. The average Bonchev–Trinajstić information content (AvgIpc) is 3.27. The van der Waals surface area contributed by atoms with Crippen molar-refractivity contribution in [2.24, 2.45) is 0 Å². The lowest BCUT2D eigenvalue weighted by Gasteiger charge is -2.13. The lowest BCUT2D eigenvalue weighted by Crippen LogP contribution is -2.32. The van der Waals surface area contributed by atoms with Gasteiger partial charge in [-0.15, -0.1) is 0 Å². The number of hydrogen-bond donors (Lipinski definition) is 2. The van der Waals surface area contributed by atoms with Crippen molar-refractivity contribution >= 4 is 21.8 Å². The van der Waals surface area contributed by atoms with Crippen LogP contribution >= 0.6 is 11.8 Å². The Morgan fingerprint density at radius 1 is 1.38 bits per heavy atom. The van der Waals surface area contributed by atoms with Gasteiger partial charge in [-0.1, -0.05) is 13.0 Å². The second kappa shape index (κ2) is 7.09. The maximum Gasteiger partial charge on any atom is 0.258 e. The fourth-order valence-electron chi connectivity index (χ4n) is 1.98. The summed E-state index contributed by atoms with van der Waals surface area (Å²) in [4.78, 5) is 4.08. The van der Waals surface area contributed by atoms with E-state index in [4.69, 9.17) is 0 Å². The van der Waals surface area contributed by atoms with Crippen LogP contribution in [0.1, 0.15) is 31.7 Å². The first-order chi connectivity index (χ1) is 10.0. The van der Waals surface area contributed by atoms with Gasteiger partial charge in [0, 0.05) is 24.0 Å². The van der Waals surface area contributed by atoms with E-state index in [-0.39, 0.29) is 9.77 Å². The van der Waals surface area contributed by atoms with Crippen LogP contribution in [0.2, 0.25) is 0 Å². The van der Waals surface area contributed by atoms with Gasteiger partial charge in [-0.05, 0) is 43.7 Å². The van der Waals surface area contributed by atoms with Crippen LogP contribution in [0.4, 0.5) is 0 Å². The molecule has 2 N–H and O–H groups in total. The summed E-state index contributed by atoms with van der Waals surface area (Å²) in [7, 11) is -3.50. The zero-order valence-electron chi connectivity index (χ0n) is 12.6. The smallest absolute Gasteiger partial charge is 0.258 e. The Kier molecular flexibility index (Phi) is 5.65. The summed E-state index contributed by atoms with van der Waals surface area (Å²) in [6.07, 6.45) is 6.87. The highest BCUT2D eigenvalue weighted by Crippen LogP contribution is 2.46. The molecule has 0 bridgehead atoms. The van der Waals surface area contributed by atoms with Gasteiger partial charge in [0.15, 0.2) is 5.03 Å². The first-order valence-corrected chi connectivity index (χ1v) is 9.93. The number of rotatable bonds is 9. The molecule has 0 aromatic carbocycles. The largest absolute Gasteiger partial charge is 0.313 e. The highest BCUT2D eigenvalue weighted by atomic mass is 32.2. The summed E-state index contributed by atoms with van der Waals surface area (Å²) in [5.41, 5.74) is 0.991. The van der Waals surface area contributed by atoms with E-state index >= 15 is 0 Å². The van der Waals surface area contributed by atoms with Gasteiger partial charge in [-0.2, -0.15) is 11.8 Å². The molecule has 0 unspecified atom stereocenters. The Hall–Kier alpha value is -0.630. The summed E-state index contributed by atoms with van der Waals surface area (Å²) in [5, 5.41) is 3.36. The summed E-state index contributed by atoms with van der Waals surface area (Å²) in [5.74, 6) is 0. The molecule has 0 atom stereocenters. The van der Waals surface area contributed by atoms with E-state index in [1.165, 1.54) is 0 Å². The normalized spacial score (nSPS) is 16.9. The zero-order valence-corrected chi connectivity index (χ0v) is 14.2. The predicted molar refractivity (Wildman–Crippen MR) is 86.9 cm³/mol. The molecule has 1 aromatic rings. The minimum Gasteiger partial charge on any atom is -0.313 e. The Bertz CT molecular complexity index is 554. The van der Waals surface area contributed by atoms with E-state index in [1.54, 1.807) is 24.0 Å². The summed E-state index contributed by atoms with van der Waals surface area (Å²) < 4.78 is 27.2. The Morgan fingerprint density at radius 2 is 2.14 bits per heavy atom. The van der Waals surface area contributed by atoms with Crippen molar-refractivity contribution in [3.8, 4) is 0 Å². The molecular formula is C14H23N3O2S2. The Labute approximate surface area is 131 Å². The molecule has 21 heavy (non-hydrogen) atoms. The van der Waals surface area contributed by atoms with Gasteiger partial charge in [0.25, 0.3) is 10.0 Å². The van der Waals surface area contributed by atoms with Crippen molar-refractivity contribution < 1.29 is 8.42 Å². The van der Waals surface area contributed by atoms with Crippen molar-refractivity contribution in [3.05, 3.63) is 23.9 Å². The highest BCUT2D eigenvalue weighted by molar-refractivity contribution is 8.00. The molecule has 2 rings (SSSR count). The third-order valence-electron chi connectivity index (χ3n) is 3.65. The molecule has 0 spiro atoms. The fourth-order valence-corrected chi connectivity index (χ4v) is 3.85. The Morgan fingerprint density at radius 3 is 2.67 bits per heavy atom. The molecule has 1 aromatic heterocycles. The van der Waals surface area contributed by atoms with Crippen LogP contribution in [0.25, 0.3) is 0 Å². The molecule has 1 aliphatic rings. The van der Waals surface area contributed by atoms with Crippen molar-refractivity contribution in [2.75, 3.05) is 19.3 Å². The quantitative estimate of drug-likeness (QED) is 0.676.